The summed E-state index contributed by atoms with van der Waals surface area (Å²) >= 11 is 0. The van der Waals surface area contributed by atoms with Crippen LogP contribution in [-0.2, 0) is 5.92 Å². The quantitative estimate of drug-likeness (QED) is 0.172. The summed E-state index contributed by atoms with van der Waals surface area (Å²) in [5.41, 5.74) is 0.459. The molecule has 1 heterocycles. The summed E-state index contributed by atoms with van der Waals surface area (Å²) in [7, 11) is 0. The number of aliphatic hydroxyl groups excluding tert-OH is 1. The van der Waals surface area contributed by atoms with Gasteiger partial charge >= 0.3 is 5.92 Å². The fraction of sp³-hybridized carbons (Fsp3) is 0.176. The monoisotopic (exact) mass is 347 g/mol. The van der Waals surface area contributed by atoms with Crippen molar-refractivity contribution < 1.29 is 13.9 Å². The lowest BCUT2D eigenvalue weighted by Crippen LogP contribution is -2.44. The van der Waals surface area contributed by atoms with Gasteiger partial charge in [0.1, 0.15) is 18.1 Å². The molecule has 0 radical (unpaired) electrons. The Morgan fingerprint density at radius 1 is 1.48 bits per heavy atom. The minimum absolute atomic E-state index is 0.432. The highest BCUT2D eigenvalue weighted by molar-refractivity contribution is 5.53. The number of alkyl halides is 2. The Balaban J connectivity index is 2.94. The van der Waals surface area contributed by atoms with Crippen molar-refractivity contribution in [3.05, 3.63) is 66.5 Å². The topological polar surface area (TPSA) is 101 Å². The van der Waals surface area contributed by atoms with Crippen LogP contribution < -0.4 is 11.7 Å². The van der Waals surface area contributed by atoms with Crippen LogP contribution in [0.5, 0.6) is 0 Å². The van der Waals surface area contributed by atoms with Crippen molar-refractivity contribution in [1.82, 2.24) is 9.99 Å². The molecule has 1 unspecified atom stereocenters. The average molecular weight is 347 g/mol. The molecule has 0 spiro atoms. The number of hydrazine groups is 1. The van der Waals surface area contributed by atoms with Crippen molar-refractivity contribution in [2.24, 2.45) is 16.8 Å². The number of aromatic nitrogens is 1. The maximum Gasteiger partial charge on any atom is 0.316 e. The molecule has 0 fully saturated rings. The molecule has 6 nitrogen and oxygen atoms in total. The zero-order valence-electron chi connectivity index (χ0n) is 13.4. The first-order chi connectivity index (χ1) is 11.8. The second kappa shape index (κ2) is 9.32. The van der Waals surface area contributed by atoms with Gasteiger partial charge in [-0.25, -0.2) is 5.84 Å². The van der Waals surface area contributed by atoms with Crippen LogP contribution in [0.3, 0.4) is 0 Å². The van der Waals surface area contributed by atoms with E-state index < -0.39 is 24.3 Å². The zero-order chi connectivity index (χ0) is 18.9. The van der Waals surface area contributed by atoms with E-state index in [0.717, 1.165) is 17.4 Å². The first-order valence-electron chi connectivity index (χ1n) is 7.09. The fourth-order valence-corrected chi connectivity index (χ4v) is 1.71. The summed E-state index contributed by atoms with van der Waals surface area (Å²) < 4.78 is 28.4. The summed E-state index contributed by atoms with van der Waals surface area (Å²) in [4.78, 5) is 3.68. The molecule has 132 valence electrons. The third-order valence-corrected chi connectivity index (χ3v) is 2.99. The molecule has 1 atom stereocenters. The van der Waals surface area contributed by atoms with Crippen LogP contribution in [-0.4, -0.2) is 34.1 Å². The van der Waals surface area contributed by atoms with Crippen LogP contribution in [0.1, 0.15) is 11.3 Å². The Morgan fingerprint density at radius 2 is 2.20 bits per heavy atom. The van der Waals surface area contributed by atoms with E-state index in [0.29, 0.717) is 11.1 Å². The van der Waals surface area contributed by atoms with Gasteiger partial charge in [-0.15, -0.1) is 0 Å². The van der Waals surface area contributed by atoms with E-state index in [1.807, 2.05) is 0 Å². The van der Waals surface area contributed by atoms with Crippen molar-refractivity contribution in [2.45, 2.75) is 12.0 Å². The van der Waals surface area contributed by atoms with Crippen molar-refractivity contribution in [3.8, 4) is 11.8 Å². The fourth-order valence-electron chi connectivity index (χ4n) is 1.71. The number of hydrogen-bond acceptors (Lipinski definition) is 5. The molecule has 25 heavy (non-hydrogen) atoms. The number of hydrogen-bond donors (Lipinski definition) is 3. The molecule has 0 aromatic carbocycles. The molecule has 0 aliphatic rings. The third-order valence-electron chi connectivity index (χ3n) is 2.99. The largest absolute Gasteiger partial charge is 0.384 e. The molecule has 0 amide bonds. The second-order valence-corrected chi connectivity index (χ2v) is 4.84. The lowest BCUT2D eigenvalue weighted by molar-refractivity contribution is -0.122. The summed E-state index contributed by atoms with van der Waals surface area (Å²) in [6.07, 6.45) is 4.78. The number of aliphatic hydroxyl groups is 1. The Morgan fingerprint density at radius 3 is 2.72 bits per heavy atom. The van der Waals surface area contributed by atoms with Gasteiger partial charge in [-0.05, 0) is 18.2 Å². The maximum atomic E-state index is 14.2. The number of halogens is 2. The standard InChI is InChI=1S/C17H19F2N5O/c1-3-5-13(4-2)6-7-14-8-9-15(22-10-14)17(18,19)16(25)11-24(21)12-23-20/h3-5,8-10,12,16,25H,1-2,11,20-21H2/b13-5+,23-12-. The van der Waals surface area contributed by atoms with E-state index in [1.54, 1.807) is 18.2 Å². The van der Waals surface area contributed by atoms with E-state index in [9.17, 15) is 13.9 Å². The number of allylic oxidation sites excluding steroid dienone is 4. The predicted molar refractivity (Wildman–Crippen MR) is 93.1 cm³/mol. The second-order valence-electron chi connectivity index (χ2n) is 4.84. The minimum Gasteiger partial charge on any atom is -0.384 e. The molecule has 0 aliphatic heterocycles. The summed E-state index contributed by atoms with van der Waals surface area (Å²) in [6.45, 7) is 6.58. The van der Waals surface area contributed by atoms with Gasteiger partial charge in [0.25, 0.3) is 0 Å². The first-order valence-corrected chi connectivity index (χ1v) is 7.09. The smallest absolute Gasteiger partial charge is 0.316 e. The van der Waals surface area contributed by atoms with Gasteiger partial charge in [0.15, 0.2) is 0 Å². The Bertz CT molecular complexity index is 717. The van der Waals surface area contributed by atoms with Crippen molar-refractivity contribution >= 4 is 6.34 Å². The number of hydrazone groups is 1. The Labute approximate surface area is 144 Å². The van der Waals surface area contributed by atoms with Gasteiger partial charge < -0.3 is 10.9 Å². The molecule has 0 aliphatic carbocycles. The molecule has 0 saturated carbocycles. The van der Waals surface area contributed by atoms with Gasteiger partial charge in [-0.1, -0.05) is 37.2 Å². The van der Waals surface area contributed by atoms with E-state index >= 15 is 0 Å². The molecular weight excluding hydrogens is 328 g/mol. The molecular formula is C17H19F2N5O. The van der Waals surface area contributed by atoms with Gasteiger partial charge in [0.05, 0.1) is 6.54 Å². The van der Waals surface area contributed by atoms with E-state index in [2.05, 4.69) is 35.1 Å². The summed E-state index contributed by atoms with van der Waals surface area (Å²) in [5.74, 6) is 12.2. The highest BCUT2D eigenvalue weighted by Gasteiger charge is 2.42. The predicted octanol–water partition coefficient (Wildman–Crippen LogP) is 1.26. The normalized spacial score (nSPS) is 13.0. The third kappa shape index (κ3) is 5.84. The summed E-state index contributed by atoms with van der Waals surface area (Å²) in [6, 6.07) is 2.47. The molecule has 0 saturated heterocycles. The molecule has 1 aromatic rings. The van der Waals surface area contributed by atoms with Gasteiger partial charge in [0.2, 0.25) is 0 Å². The highest BCUT2D eigenvalue weighted by Crippen LogP contribution is 2.30. The molecule has 1 aromatic heterocycles. The van der Waals surface area contributed by atoms with E-state index in [-0.39, 0.29) is 0 Å². The maximum absolute atomic E-state index is 14.2. The SMILES string of the molecule is C=C/C=C(/C#Cc1ccc(C(F)(F)C(O)CN(N)/C=N\N)nc1)C=C. The van der Waals surface area contributed by atoms with Crippen LogP contribution >= 0.6 is 0 Å². The minimum atomic E-state index is -3.61. The van der Waals surface area contributed by atoms with Gasteiger partial charge in [0, 0.05) is 17.3 Å². The molecule has 0 bridgehead atoms. The number of nitrogens with two attached hydrogens (primary N) is 2. The van der Waals surface area contributed by atoms with Crippen molar-refractivity contribution in [1.29, 1.82) is 0 Å². The molecule has 8 heteroatoms. The van der Waals surface area contributed by atoms with Crippen molar-refractivity contribution in [3.63, 3.8) is 0 Å². The Hall–Kier alpha value is -3.02. The lowest BCUT2D eigenvalue weighted by atomic mass is 10.1. The number of pyridine rings is 1. The van der Waals surface area contributed by atoms with Crippen LogP contribution in [0.15, 0.2) is 60.4 Å². The van der Waals surface area contributed by atoms with E-state index in [4.69, 9.17) is 11.7 Å². The number of rotatable bonds is 7. The summed E-state index contributed by atoms with van der Waals surface area (Å²) in [5, 5.41) is 13.5. The molecule has 5 N–H and O–H groups in total. The Kier molecular flexibility index (Phi) is 7.46. The van der Waals surface area contributed by atoms with Crippen LogP contribution in [0.4, 0.5) is 8.78 Å². The average Bonchev–Trinajstić information content (AvgIpc) is 2.59. The van der Waals surface area contributed by atoms with Gasteiger partial charge in [-0.3, -0.25) is 9.99 Å². The van der Waals surface area contributed by atoms with Crippen LogP contribution in [0.2, 0.25) is 0 Å². The highest BCUT2D eigenvalue weighted by atomic mass is 19.3. The van der Waals surface area contributed by atoms with Crippen LogP contribution in [0.25, 0.3) is 0 Å². The zero-order valence-corrected chi connectivity index (χ0v) is 13.4. The van der Waals surface area contributed by atoms with Crippen LogP contribution in [0, 0.1) is 11.8 Å². The first kappa shape index (κ1) is 20.0. The number of nitrogens with zero attached hydrogens (tertiary/aromatic N) is 3. The van der Waals surface area contributed by atoms with Gasteiger partial charge in [-0.2, -0.15) is 13.9 Å². The van der Waals surface area contributed by atoms with E-state index in [1.165, 1.54) is 12.3 Å². The lowest BCUT2D eigenvalue weighted by Gasteiger charge is -2.24. The molecule has 1 rings (SSSR count). The van der Waals surface area contributed by atoms with Crippen molar-refractivity contribution in [2.75, 3.05) is 6.54 Å².